The molecule has 7 heteroatoms. The first-order chi connectivity index (χ1) is 9.29. The van der Waals surface area contributed by atoms with Gasteiger partial charge in [0.2, 0.25) is 5.91 Å². The molecule has 0 aromatic heterocycles. The maximum Gasteiger partial charge on any atom is 0.273 e. The molecule has 20 heavy (non-hydrogen) atoms. The number of nitrogen functional groups attached to an aromatic ring is 1. The lowest BCUT2D eigenvalue weighted by Crippen LogP contribution is -2.36. The van der Waals surface area contributed by atoms with E-state index in [4.69, 9.17) is 5.73 Å². The van der Waals surface area contributed by atoms with E-state index in [2.05, 4.69) is 5.32 Å². The van der Waals surface area contributed by atoms with Crippen molar-refractivity contribution in [3.63, 3.8) is 0 Å². The molecule has 0 fully saturated rings. The quantitative estimate of drug-likeness (QED) is 0.465. The Morgan fingerprint density at radius 1 is 1.45 bits per heavy atom. The van der Waals surface area contributed by atoms with Crippen molar-refractivity contribution in [2.45, 2.75) is 13.8 Å². The molecular formula is C13H20N4O3. The number of rotatable bonds is 6. The number of nitrogens with zero attached hydrogens (tertiary/aromatic N) is 2. The van der Waals surface area contributed by atoms with Gasteiger partial charge in [-0.3, -0.25) is 14.9 Å². The molecule has 1 aromatic rings. The van der Waals surface area contributed by atoms with E-state index in [0.29, 0.717) is 23.8 Å². The Morgan fingerprint density at radius 3 is 2.65 bits per heavy atom. The fraction of sp³-hybridized carbons (Fsp3) is 0.462. The van der Waals surface area contributed by atoms with E-state index in [1.54, 1.807) is 18.0 Å². The number of nitro groups is 1. The van der Waals surface area contributed by atoms with Crippen LogP contribution in [0.1, 0.15) is 13.8 Å². The van der Waals surface area contributed by atoms with E-state index in [-0.39, 0.29) is 18.1 Å². The van der Waals surface area contributed by atoms with Crippen molar-refractivity contribution in [1.29, 1.82) is 0 Å². The Morgan fingerprint density at radius 2 is 2.10 bits per heavy atom. The summed E-state index contributed by atoms with van der Waals surface area (Å²) in [5.74, 6) is 0.240. The van der Waals surface area contributed by atoms with Gasteiger partial charge in [0.05, 0.1) is 11.5 Å². The van der Waals surface area contributed by atoms with Crippen molar-refractivity contribution in [3.8, 4) is 0 Å². The Kier molecular flexibility index (Phi) is 5.31. The first kappa shape index (κ1) is 15.7. The molecular weight excluding hydrogens is 260 g/mol. The first-order valence-corrected chi connectivity index (χ1v) is 6.32. The summed E-state index contributed by atoms with van der Waals surface area (Å²) in [4.78, 5) is 23.6. The number of benzene rings is 1. The number of amides is 1. The van der Waals surface area contributed by atoms with E-state index in [1.165, 1.54) is 12.1 Å². The van der Waals surface area contributed by atoms with Gasteiger partial charge in [-0.2, -0.15) is 0 Å². The van der Waals surface area contributed by atoms with Gasteiger partial charge in [-0.05, 0) is 12.0 Å². The van der Waals surface area contributed by atoms with Gasteiger partial charge in [0.15, 0.2) is 0 Å². The average Bonchev–Trinajstić information content (AvgIpc) is 2.35. The van der Waals surface area contributed by atoms with Gasteiger partial charge in [0.1, 0.15) is 0 Å². The number of hydrogen-bond donors (Lipinski definition) is 2. The predicted octanol–water partition coefficient (Wildman–Crippen LogP) is 1.39. The van der Waals surface area contributed by atoms with E-state index in [9.17, 15) is 14.9 Å². The smallest absolute Gasteiger partial charge is 0.273 e. The van der Waals surface area contributed by atoms with Gasteiger partial charge >= 0.3 is 0 Å². The summed E-state index contributed by atoms with van der Waals surface area (Å²) < 4.78 is 0. The molecule has 0 saturated carbocycles. The zero-order chi connectivity index (χ0) is 15.3. The minimum Gasteiger partial charge on any atom is -0.398 e. The molecule has 0 atom stereocenters. The van der Waals surface area contributed by atoms with Crippen LogP contribution < -0.4 is 16.0 Å². The van der Waals surface area contributed by atoms with Crippen molar-refractivity contribution < 1.29 is 9.72 Å². The Balaban J connectivity index is 2.74. The van der Waals surface area contributed by atoms with Crippen molar-refractivity contribution in [3.05, 3.63) is 28.3 Å². The number of carbonyl (C=O) groups is 1. The van der Waals surface area contributed by atoms with Gasteiger partial charge in [0.25, 0.3) is 5.69 Å². The third-order valence-electron chi connectivity index (χ3n) is 2.66. The number of non-ortho nitro benzene ring substituents is 1. The third-order valence-corrected chi connectivity index (χ3v) is 2.66. The molecule has 0 aliphatic heterocycles. The van der Waals surface area contributed by atoms with Crippen LogP contribution >= 0.6 is 0 Å². The summed E-state index contributed by atoms with van der Waals surface area (Å²) in [5.41, 5.74) is 6.38. The zero-order valence-electron chi connectivity index (χ0n) is 11.9. The van der Waals surface area contributed by atoms with Crippen molar-refractivity contribution >= 4 is 23.0 Å². The molecule has 1 rings (SSSR count). The van der Waals surface area contributed by atoms with Crippen LogP contribution in [0.25, 0.3) is 0 Å². The Hall–Kier alpha value is -2.31. The predicted molar refractivity (Wildman–Crippen MR) is 78.6 cm³/mol. The molecule has 0 aliphatic carbocycles. The maximum absolute atomic E-state index is 11.7. The number of nitrogens with one attached hydrogen (secondary N) is 1. The van der Waals surface area contributed by atoms with Crippen LogP contribution in [-0.2, 0) is 4.79 Å². The fourth-order valence-electron chi connectivity index (χ4n) is 1.62. The molecule has 3 N–H and O–H groups in total. The summed E-state index contributed by atoms with van der Waals surface area (Å²) in [5, 5.41) is 13.6. The first-order valence-electron chi connectivity index (χ1n) is 6.32. The minimum absolute atomic E-state index is 0.0885. The summed E-state index contributed by atoms with van der Waals surface area (Å²) in [6.07, 6.45) is 0. The summed E-state index contributed by atoms with van der Waals surface area (Å²) in [7, 11) is 1.69. The topological polar surface area (TPSA) is 102 Å². The lowest BCUT2D eigenvalue weighted by Gasteiger charge is -2.19. The highest BCUT2D eigenvalue weighted by Crippen LogP contribution is 2.24. The number of anilines is 2. The average molecular weight is 280 g/mol. The van der Waals surface area contributed by atoms with E-state index in [0.717, 1.165) is 0 Å². The van der Waals surface area contributed by atoms with Gasteiger partial charge in [-0.15, -0.1) is 0 Å². The lowest BCUT2D eigenvalue weighted by molar-refractivity contribution is -0.384. The largest absolute Gasteiger partial charge is 0.398 e. The van der Waals surface area contributed by atoms with Gasteiger partial charge in [0, 0.05) is 37.1 Å². The Bertz CT molecular complexity index is 502. The third kappa shape index (κ3) is 4.75. The van der Waals surface area contributed by atoms with Gasteiger partial charge in [-0.1, -0.05) is 13.8 Å². The van der Waals surface area contributed by atoms with Crippen molar-refractivity contribution in [2.75, 3.05) is 30.8 Å². The van der Waals surface area contributed by atoms with Crippen molar-refractivity contribution in [2.24, 2.45) is 5.92 Å². The maximum atomic E-state index is 11.7. The van der Waals surface area contributed by atoms with Gasteiger partial charge < -0.3 is 16.0 Å². The zero-order valence-corrected chi connectivity index (χ0v) is 11.9. The monoisotopic (exact) mass is 280 g/mol. The molecule has 110 valence electrons. The van der Waals surface area contributed by atoms with Gasteiger partial charge in [-0.25, -0.2) is 0 Å². The second kappa shape index (κ2) is 6.74. The summed E-state index contributed by atoms with van der Waals surface area (Å²) in [6, 6.07) is 4.28. The lowest BCUT2D eigenvalue weighted by atomic mass is 10.2. The SMILES string of the molecule is CC(C)CNC(=O)CN(C)c1cc(N)cc([N+](=O)[O-])c1. The molecule has 0 aliphatic rings. The van der Waals surface area contributed by atoms with E-state index < -0.39 is 4.92 Å². The van der Waals surface area contributed by atoms with Crippen LogP contribution in [0, 0.1) is 16.0 Å². The highest BCUT2D eigenvalue weighted by atomic mass is 16.6. The van der Waals surface area contributed by atoms with E-state index >= 15 is 0 Å². The molecule has 0 unspecified atom stereocenters. The fourth-order valence-corrected chi connectivity index (χ4v) is 1.62. The number of carbonyl (C=O) groups excluding carboxylic acids is 1. The second-order valence-electron chi connectivity index (χ2n) is 5.09. The molecule has 0 saturated heterocycles. The standard InChI is InChI=1S/C13H20N4O3/c1-9(2)7-15-13(18)8-16(3)11-4-10(14)5-12(6-11)17(19)20/h4-6,9H,7-8,14H2,1-3H3,(H,15,18). The van der Waals surface area contributed by atoms with Crippen LogP contribution in [0.5, 0.6) is 0 Å². The molecule has 1 aromatic carbocycles. The summed E-state index contributed by atoms with van der Waals surface area (Å²) in [6.45, 7) is 4.73. The molecule has 0 radical (unpaired) electrons. The molecule has 1 amide bonds. The highest BCUT2D eigenvalue weighted by molar-refractivity contribution is 5.81. The van der Waals surface area contributed by atoms with Crippen LogP contribution in [0.4, 0.5) is 17.1 Å². The normalized spacial score (nSPS) is 10.4. The minimum atomic E-state index is -0.507. The number of nitro benzene ring substituents is 1. The number of nitrogens with two attached hydrogens (primary N) is 1. The molecule has 0 spiro atoms. The summed E-state index contributed by atoms with van der Waals surface area (Å²) >= 11 is 0. The second-order valence-corrected chi connectivity index (χ2v) is 5.09. The highest BCUT2D eigenvalue weighted by Gasteiger charge is 2.13. The molecule has 0 heterocycles. The van der Waals surface area contributed by atoms with Crippen LogP contribution in [0.15, 0.2) is 18.2 Å². The molecule has 0 bridgehead atoms. The number of likely N-dealkylation sites (N-methyl/N-ethyl adjacent to an activating group) is 1. The van der Waals surface area contributed by atoms with E-state index in [1.807, 2.05) is 13.8 Å². The van der Waals surface area contributed by atoms with Crippen LogP contribution in [-0.4, -0.2) is 31.0 Å². The van der Waals surface area contributed by atoms with Crippen LogP contribution in [0.3, 0.4) is 0 Å². The molecule has 7 nitrogen and oxygen atoms in total. The van der Waals surface area contributed by atoms with Crippen molar-refractivity contribution in [1.82, 2.24) is 5.32 Å². The number of hydrogen-bond acceptors (Lipinski definition) is 5. The Labute approximate surface area is 117 Å². The van der Waals surface area contributed by atoms with Crippen LogP contribution in [0.2, 0.25) is 0 Å².